The minimum absolute atomic E-state index is 0.0136. The third kappa shape index (κ3) is 4.71. The van der Waals surface area contributed by atoms with Crippen molar-refractivity contribution < 1.29 is 17.9 Å². The van der Waals surface area contributed by atoms with Gasteiger partial charge in [0.2, 0.25) is 5.91 Å². The minimum atomic E-state index is -3.03. The van der Waals surface area contributed by atoms with Crippen LogP contribution < -0.4 is 0 Å². The minimum Gasteiger partial charge on any atom is -0.383 e. The Kier molecular flexibility index (Phi) is 6.46. The predicted octanol–water partition coefficient (Wildman–Crippen LogP) is 2.01. The number of nitrogens with one attached hydrogen (secondary N) is 1. The fourth-order valence-electron chi connectivity index (χ4n) is 4.84. The summed E-state index contributed by atoms with van der Waals surface area (Å²) in [6.45, 7) is 2.96. The largest absolute Gasteiger partial charge is 0.383 e. The van der Waals surface area contributed by atoms with Gasteiger partial charge in [0.05, 0.1) is 24.7 Å². The standard InChI is InChI=1S/C22H31N3O4S/c1-29-12-11-25(18-8-13-30(27,28)16-18)22(26)15-24-9-6-17(7-10-24)20-14-23-21-5-3-2-4-19(20)21/h2-5,14,17-18,23H,6-13,15-16H2,1H3. The first kappa shape index (κ1) is 21.3. The number of ether oxygens (including phenoxy) is 1. The van der Waals surface area contributed by atoms with Crippen molar-refractivity contribution in [1.29, 1.82) is 0 Å². The van der Waals surface area contributed by atoms with Crippen LogP contribution >= 0.6 is 0 Å². The molecule has 2 aliphatic heterocycles. The van der Waals surface area contributed by atoms with E-state index in [1.807, 2.05) is 6.07 Å². The lowest BCUT2D eigenvalue weighted by atomic mass is 9.89. The number of nitrogens with zero attached hydrogens (tertiary/aromatic N) is 2. The van der Waals surface area contributed by atoms with Gasteiger partial charge in [-0.05, 0) is 49.9 Å². The summed E-state index contributed by atoms with van der Waals surface area (Å²) in [5.74, 6) is 0.756. The van der Waals surface area contributed by atoms with Gasteiger partial charge >= 0.3 is 0 Å². The second kappa shape index (κ2) is 9.08. The van der Waals surface area contributed by atoms with E-state index in [-0.39, 0.29) is 23.5 Å². The second-order valence-corrected chi connectivity index (χ2v) is 10.7. The number of likely N-dealkylation sites (tertiary alicyclic amines) is 1. The van der Waals surface area contributed by atoms with Crippen LogP contribution in [-0.4, -0.2) is 86.6 Å². The lowest BCUT2D eigenvalue weighted by molar-refractivity contribution is -0.135. The maximum absolute atomic E-state index is 13.0. The molecule has 0 radical (unpaired) electrons. The summed E-state index contributed by atoms with van der Waals surface area (Å²) in [7, 11) is -1.43. The number of para-hydroxylation sites is 1. The number of carbonyl (C=O) groups excluding carboxylic acids is 1. The molecule has 164 valence electrons. The van der Waals surface area contributed by atoms with Crippen LogP contribution in [0.5, 0.6) is 0 Å². The van der Waals surface area contributed by atoms with E-state index in [1.165, 1.54) is 16.5 Å². The first-order valence-corrected chi connectivity index (χ1v) is 12.6. The normalized spacial score (nSPS) is 22.5. The molecule has 2 saturated heterocycles. The number of fused-ring (bicyclic) bond motifs is 1. The molecule has 1 atom stereocenters. The molecular formula is C22H31N3O4S. The third-order valence-corrected chi connectivity index (χ3v) is 8.26. The summed E-state index contributed by atoms with van der Waals surface area (Å²) >= 11 is 0. The van der Waals surface area contributed by atoms with Crippen molar-refractivity contribution in [3.8, 4) is 0 Å². The Morgan fingerprint density at radius 3 is 2.70 bits per heavy atom. The van der Waals surface area contributed by atoms with Crippen molar-refractivity contribution in [2.45, 2.75) is 31.2 Å². The van der Waals surface area contributed by atoms with Crippen LogP contribution in [0.2, 0.25) is 0 Å². The molecule has 30 heavy (non-hydrogen) atoms. The quantitative estimate of drug-likeness (QED) is 0.722. The van der Waals surface area contributed by atoms with E-state index in [0.29, 0.717) is 32.0 Å². The Balaban J connectivity index is 1.35. The van der Waals surface area contributed by atoms with Gasteiger partial charge in [-0.1, -0.05) is 18.2 Å². The van der Waals surface area contributed by atoms with Gasteiger partial charge in [0.25, 0.3) is 0 Å². The van der Waals surface area contributed by atoms with E-state index < -0.39 is 9.84 Å². The number of benzene rings is 1. The maximum atomic E-state index is 13.0. The van der Waals surface area contributed by atoms with Crippen LogP contribution in [0, 0.1) is 0 Å². The SMILES string of the molecule is COCCN(C(=O)CN1CCC(c2c[nH]c3ccccc23)CC1)C1CCS(=O)(=O)C1. The Hall–Kier alpha value is -1.90. The molecule has 0 aliphatic carbocycles. The molecular weight excluding hydrogens is 402 g/mol. The Morgan fingerprint density at radius 2 is 2.00 bits per heavy atom. The van der Waals surface area contributed by atoms with E-state index in [0.717, 1.165) is 25.9 Å². The van der Waals surface area contributed by atoms with Gasteiger partial charge in [0, 0.05) is 36.8 Å². The molecule has 0 bridgehead atoms. The molecule has 4 rings (SSSR count). The Bertz CT molecular complexity index is 979. The van der Waals surface area contributed by atoms with Crippen molar-refractivity contribution in [1.82, 2.24) is 14.8 Å². The number of hydrogen-bond donors (Lipinski definition) is 1. The van der Waals surface area contributed by atoms with Crippen LogP contribution in [0.4, 0.5) is 0 Å². The van der Waals surface area contributed by atoms with Gasteiger partial charge in [-0.3, -0.25) is 9.69 Å². The molecule has 2 aromatic rings. The average Bonchev–Trinajstić information content (AvgIpc) is 3.32. The molecule has 8 heteroatoms. The number of aromatic nitrogens is 1. The van der Waals surface area contributed by atoms with E-state index >= 15 is 0 Å². The lowest BCUT2D eigenvalue weighted by Crippen LogP contribution is -2.48. The van der Waals surface area contributed by atoms with Crippen molar-refractivity contribution in [2.24, 2.45) is 0 Å². The van der Waals surface area contributed by atoms with Gasteiger partial charge in [0.15, 0.2) is 9.84 Å². The fraction of sp³-hybridized carbons (Fsp3) is 0.591. The van der Waals surface area contributed by atoms with Crippen molar-refractivity contribution >= 4 is 26.6 Å². The number of sulfone groups is 1. The molecule has 1 amide bonds. The highest BCUT2D eigenvalue weighted by Gasteiger charge is 2.35. The van der Waals surface area contributed by atoms with Crippen molar-refractivity contribution in [3.05, 3.63) is 36.0 Å². The van der Waals surface area contributed by atoms with E-state index in [2.05, 4.69) is 34.3 Å². The molecule has 3 heterocycles. The molecule has 7 nitrogen and oxygen atoms in total. The zero-order valence-electron chi connectivity index (χ0n) is 17.5. The van der Waals surface area contributed by atoms with E-state index in [1.54, 1.807) is 12.0 Å². The average molecular weight is 434 g/mol. The smallest absolute Gasteiger partial charge is 0.237 e. The maximum Gasteiger partial charge on any atom is 0.237 e. The van der Waals surface area contributed by atoms with Crippen LogP contribution in [0.25, 0.3) is 10.9 Å². The zero-order chi connectivity index (χ0) is 21.1. The number of methoxy groups -OCH3 is 1. The van der Waals surface area contributed by atoms with Crippen molar-refractivity contribution in [2.75, 3.05) is 51.4 Å². The van der Waals surface area contributed by atoms with Crippen molar-refractivity contribution in [3.63, 3.8) is 0 Å². The number of aromatic amines is 1. The summed E-state index contributed by atoms with van der Waals surface area (Å²) in [4.78, 5) is 20.3. The van der Waals surface area contributed by atoms with Gasteiger partial charge < -0.3 is 14.6 Å². The van der Waals surface area contributed by atoms with Gasteiger partial charge in [-0.15, -0.1) is 0 Å². The monoisotopic (exact) mass is 433 g/mol. The van der Waals surface area contributed by atoms with Crippen LogP contribution in [0.1, 0.15) is 30.7 Å². The summed E-state index contributed by atoms with van der Waals surface area (Å²) in [6, 6.07) is 8.17. The zero-order valence-corrected chi connectivity index (χ0v) is 18.4. The molecule has 2 aliphatic rings. The molecule has 1 aromatic heterocycles. The van der Waals surface area contributed by atoms with Crippen LogP contribution in [0.3, 0.4) is 0 Å². The second-order valence-electron chi connectivity index (χ2n) is 8.48. The molecule has 1 N–H and O–H groups in total. The molecule has 0 spiro atoms. The predicted molar refractivity (Wildman–Crippen MR) is 117 cm³/mol. The summed E-state index contributed by atoms with van der Waals surface area (Å²) in [6.07, 6.45) is 4.69. The molecule has 2 fully saturated rings. The highest BCUT2D eigenvalue weighted by Crippen LogP contribution is 2.33. The number of H-pyrrole nitrogens is 1. The van der Waals surface area contributed by atoms with Gasteiger partial charge in [-0.25, -0.2) is 8.42 Å². The van der Waals surface area contributed by atoms with Crippen LogP contribution in [-0.2, 0) is 19.4 Å². The van der Waals surface area contributed by atoms with Gasteiger partial charge in [0.1, 0.15) is 0 Å². The highest BCUT2D eigenvalue weighted by atomic mass is 32.2. The van der Waals surface area contributed by atoms with E-state index in [9.17, 15) is 13.2 Å². The number of piperidine rings is 1. The topological polar surface area (TPSA) is 82.7 Å². The molecule has 1 aromatic carbocycles. The number of carbonyl (C=O) groups is 1. The van der Waals surface area contributed by atoms with Gasteiger partial charge in [-0.2, -0.15) is 0 Å². The summed E-state index contributed by atoms with van der Waals surface area (Å²) < 4.78 is 28.9. The first-order valence-electron chi connectivity index (χ1n) is 10.7. The Labute approximate surface area is 178 Å². The number of rotatable bonds is 7. The first-order chi connectivity index (χ1) is 14.5. The Morgan fingerprint density at radius 1 is 1.23 bits per heavy atom. The fourth-order valence-corrected chi connectivity index (χ4v) is 6.57. The van der Waals surface area contributed by atoms with E-state index in [4.69, 9.17) is 4.74 Å². The summed E-state index contributed by atoms with van der Waals surface area (Å²) in [5.41, 5.74) is 2.54. The molecule has 1 unspecified atom stereocenters. The third-order valence-electron chi connectivity index (χ3n) is 6.51. The summed E-state index contributed by atoms with van der Waals surface area (Å²) in [5, 5.41) is 1.29. The molecule has 0 saturated carbocycles. The van der Waals surface area contributed by atoms with Crippen LogP contribution in [0.15, 0.2) is 30.5 Å². The number of hydrogen-bond acceptors (Lipinski definition) is 5. The highest BCUT2D eigenvalue weighted by molar-refractivity contribution is 7.91. The lowest BCUT2D eigenvalue weighted by Gasteiger charge is -2.34. The number of amides is 1.